The van der Waals surface area contributed by atoms with Crippen LogP contribution in [-0.4, -0.2) is 28.4 Å². The quantitative estimate of drug-likeness (QED) is 0.304. The maximum Gasteiger partial charge on any atom is 0.586 e. The third kappa shape index (κ3) is 4.34. The van der Waals surface area contributed by atoms with E-state index in [-0.39, 0.29) is 24.0 Å². The molecule has 6 rings (SSSR count). The number of rotatable bonds is 6. The summed E-state index contributed by atoms with van der Waals surface area (Å²) in [4.78, 5) is 29.1. The van der Waals surface area contributed by atoms with Gasteiger partial charge in [0.25, 0.3) is 0 Å². The van der Waals surface area contributed by atoms with E-state index in [2.05, 4.69) is 20.1 Å². The summed E-state index contributed by atoms with van der Waals surface area (Å²) in [6, 6.07) is 21.2. The van der Waals surface area contributed by atoms with Crippen molar-refractivity contribution < 1.29 is 33.0 Å². The minimum atomic E-state index is -3.73. The minimum Gasteiger partial charge on any atom is -0.465 e. The maximum absolute atomic E-state index is 13.5. The SMILES string of the molecule is O=C(O)NCc1cccc(-c2nc(NC(=O)C3(c4ccc5c(c4)OC(F)(F)O5)CC3)cc3ccccc23)c1. The molecule has 1 saturated carbocycles. The predicted octanol–water partition coefficient (Wildman–Crippen LogP) is 5.66. The molecule has 2 amide bonds. The molecule has 38 heavy (non-hydrogen) atoms. The largest absolute Gasteiger partial charge is 0.586 e. The van der Waals surface area contributed by atoms with Crippen molar-refractivity contribution in [1.29, 1.82) is 0 Å². The fourth-order valence-corrected chi connectivity index (χ4v) is 4.74. The third-order valence-electron chi connectivity index (χ3n) is 6.76. The molecular weight excluding hydrogens is 496 g/mol. The van der Waals surface area contributed by atoms with Gasteiger partial charge in [-0.05, 0) is 53.6 Å². The summed E-state index contributed by atoms with van der Waals surface area (Å²) in [5.74, 6) is -0.126. The molecule has 0 spiro atoms. The van der Waals surface area contributed by atoms with E-state index in [1.807, 2.05) is 48.5 Å². The van der Waals surface area contributed by atoms with E-state index >= 15 is 0 Å². The van der Waals surface area contributed by atoms with Gasteiger partial charge in [-0.15, -0.1) is 8.78 Å². The second-order valence-electron chi connectivity index (χ2n) is 9.30. The number of anilines is 1. The van der Waals surface area contributed by atoms with Crippen LogP contribution in [0.2, 0.25) is 0 Å². The van der Waals surface area contributed by atoms with Crippen molar-refractivity contribution in [2.75, 3.05) is 5.32 Å². The molecule has 1 aromatic heterocycles. The number of benzene rings is 3. The van der Waals surface area contributed by atoms with Crippen LogP contribution < -0.4 is 20.1 Å². The van der Waals surface area contributed by atoms with Crippen molar-refractivity contribution >= 4 is 28.6 Å². The molecule has 4 aromatic rings. The van der Waals surface area contributed by atoms with E-state index in [4.69, 9.17) is 10.1 Å². The first-order chi connectivity index (χ1) is 18.2. The number of aromatic nitrogens is 1. The number of hydrogen-bond donors (Lipinski definition) is 3. The van der Waals surface area contributed by atoms with Gasteiger partial charge in [-0.1, -0.05) is 48.5 Å². The van der Waals surface area contributed by atoms with Crippen LogP contribution in [0.25, 0.3) is 22.0 Å². The number of halogens is 2. The van der Waals surface area contributed by atoms with Gasteiger partial charge in [0.05, 0.1) is 11.1 Å². The van der Waals surface area contributed by atoms with Gasteiger partial charge in [-0.25, -0.2) is 9.78 Å². The number of pyridine rings is 1. The van der Waals surface area contributed by atoms with Crippen LogP contribution in [0, 0.1) is 0 Å². The number of carboxylic acid groups (broad SMARTS) is 1. The van der Waals surface area contributed by atoms with Crippen molar-refractivity contribution in [3.8, 4) is 22.8 Å². The molecule has 8 nitrogen and oxygen atoms in total. The number of carbonyl (C=O) groups excluding carboxylic acids is 1. The van der Waals surface area contributed by atoms with Gasteiger partial charge in [0, 0.05) is 17.5 Å². The van der Waals surface area contributed by atoms with E-state index < -0.39 is 17.8 Å². The summed E-state index contributed by atoms with van der Waals surface area (Å²) in [6.07, 6.45) is -3.75. The van der Waals surface area contributed by atoms with Crippen LogP contribution in [0.3, 0.4) is 0 Å². The molecule has 3 N–H and O–H groups in total. The zero-order chi connectivity index (χ0) is 26.5. The van der Waals surface area contributed by atoms with Crippen LogP contribution in [0.1, 0.15) is 24.0 Å². The molecule has 10 heteroatoms. The molecule has 192 valence electrons. The molecule has 3 aromatic carbocycles. The lowest BCUT2D eigenvalue weighted by Crippen LogP contribution is -2.28. The van der Waals surface area contributed by atoms with Crippen molar-refractivity contribution in [3.05, 3.63) is 83.9 Å². The number of carbonyl (C=O) groups is 2. The first kappa shape index (κ1) is 23.7. The summed E-state index contributed by atoms with van der Waals surface area (Å²) in [5, 5.41) is 15.9. The molecule has 2 aliphatic rings. The Bertz CT molecular complexity index is 1600. The van der Waals surface area contributed by atoms with Gasteiger partial charge in [0.1, 0.15) is 5.82 Å². The second kappa shape index (κ2) is 8.69. The van der Waals surface area contributed by atoms with Gasteiger partial charge in [-0.2, -0.15) is 0 Å². The highest BCUT2D eigenvalue weighted by atomic mass is 19.3. The predicted molar refractivity (Wildman–Crippen MR) is 134 cm³/mol. The average Bonchev–Trinajstić information content (AvgIpc) is 3.64. The average molecular weight is 517 g/mol. The number of amides is 2. The molecule has 1 aliphatic carbocycles. The fraction of sp³-hybridized carbons (Fsp3) is 0.179. The van der Waals surface area contributed by atoms with E-state index in [1.54, 1.807) is 12.1 Å². The standard InChI is InChI=1S/C28H21F2N3O5/c29-28(30)37-21-9-8-19(14-22(21)38-28)27(10-11-27)25(34)33-23-13-17-5-1-2-7-20(17)24(32-23)18-6-3-4-16(12-18)15-31-26(35)36/h1-9,12-14,31H,10-11,15H2,(H,35,36)(H,32,33,34). The lowest BCUT2D eigenvalue weighted by Gasteiger charge is -2.17. The minimum absolute atomic E-state index is 0.0726. The van der Waals surface area contributed by atoms with Crippen LogP contribution in [0.4, 0.5) is 19.4 Å². The third-order valence-corrected chi connectivity index (χ3v) is 6.76. The topological polar surface area (TPSA) is 110 Å². The van der Waals surface area contributed by atoms with Crippen molar-refractivity contribution in [2.45, 2.75) is 31.1 Å². The lowest BCUT2D eigenvalue weighted by atomic mass is 9.94. The van der Waals surface area contributed by atoms with Gasteiger partial charge in [-0.3, -0.25) is 4.79 Å². The maximum atomic E-state index is 13.5. The Morgan fingerprint density at radius 2 is 1.74 bits per heavy atom. The molecule has 0 radical (unpaired) electrons. The van der Waals surface area contributed by atoms with Crippen molar-refractivity contribution in [3.63, 3.8) is 0 Å². The molecule has 2 heterocycles. The molecule has 0 unspecified atom stereocenters. The molecule has 1 aliphatic heterocycles. The number of nitrogens with zero attached hydrogens (tertiary/aromatic N) is 1. The molecule has 0 bridgehead atoms. The Kier molecular flexibility index (Phi) is 5.41. The lowest BCUT2D eigenvalue weighted by molar-refractivity contribution is -0.286. The van der Waals surface area contributed by atoms with Crippen LogP contribution in [0.15, 0.2) is 72.8 Å². The Hall–Kier alpha value is -4.73. The zero-order valence-corrected chi connectivity index (χ0v) is 19.8. The van der Waals surface area contributed by atoms with Gasteiger partial charge in [0.2, 0.25) is 5.91 Å². The number of alkyl halides is 2. The van der Waals surface area contributed by atoms with Crippen LogP contribution >= 0.6 is 0 Å². The van der Waals surface area contributed by atoms with Gasteiger partial charge < -0.3 is 25.2 Å². The van der Waals surface area contributed by atoms with Gasteiger partial charge in [0.15, 0.2) is 11.5 Å². The zero-order valence-electron chi connectivity index (χ0n) is 19.8. The smallest absolute Gasteiger partial charge is 0.465 e. The summed E-state index contributed by atoms with van der Waals surface area (Å²) < 4.78 is 36.0. The Labute approximate surface area is 215 Å². The number of ether oxygens (including phenoxy) is 2. The molecule has 1 fully saturated rings. The number of hydrogen-bond acceptors (Lipinski definition) is 5. The number of fused-ring (bicyclic) bond motifs is 2. The Morgan fingerprint density at radius 3 is 2.53 bits per heavy atom. The monoisotopic (exact) mass is 517 g/mol. The van der Waals surface area contributed by atoms with Crippen molar-refractivity contribution in [1.82, 2.24) is 10.3 Å². The Balaban J connectivity index is 1.32. The summed E-state index contributed by atoms with van der Waals surface area (Å²) >= 11 is 0. The Morgan fingerprint density at radius 1 is 0.947 bits per heavy atom. The van der Waals surface area contributed by atoms with E-state index in [9.17, 15) is 18.4 Å². The fourth-order valence-electron chi connectivity index (χ4n) is 4.74. The van der Waals surface area contributed by atoms with E-state index in [1.165, 1.54) is 12.1 Å². The van der Waals surface area contributed by atoms with Crippen LogP contribution in [0.5, 0.6) is 11.5 Å². The molecule has 0 saturated heterocycles. The summed E-state index contributed by atoms with van der Waals surface area (Å²) in [5.41, 5.74) is 1.84. The first-order valence-corrected chi connectivity index (χ1v) is 11.9. The summed E-state index contributed by atoms with van der Waals surface area (Å²) in [7, 11) is 0. The first-order valence-electron chi connectivity index (χ1n) is 11.9. The summed E-state index contributed by atoms with van der Waals surface area (Å²) in [6.45, 7) is 0.140. The van der Waals surface area contributed by atoms with Gasteiger partial charge >= 0.3 is 12.4 Å². The van der Waals surface area contributed by atoms with Crippen molar-refractivity contribution in [2.24, 2.45) is 0 Å². The highest BCUT2D eigenvalue weighted by Gasteiger charge is 2.53. The molecular formula is C28H21F2N3O5. The normalized spacial score (nSPS) is 16.2. The molecule has 0 atom stereocenters. The number of nitrogens with one attached hydrogen (secondary N) is 2. The van der Waals surface area contributed by atoms with E-state index in [0.29, 0.717) is 29.9 Å². The second-order valence-corrected chi connectivity index (χ2v) is 9.30. The highest BCUT2D eigenvalue weighted by molar-refractivity contribution is 6.03. The van der Waals surface area contributed by atoms with E-state index in [0.717, 1.165) is 21.9 Å². The van der Waals surface area contributed by atoms with Crippen LogP contribution in [-0.2, 0) is 16.8 Å². The highest BCUT2D eigenvalue weighted by Crippen LogP contribution is 2.52.